The van der Waals surface area contributed by atoms with Crippen LogP contribution in [-0.4, -0.2) is 0 Å². The predicted molar refractivity (Wildman–Crippen MR) is 220 cm³/mol. The number of nitrogens with zero attached hydrogens (tertiary/aromatic N) is 1. The van der Waals surface area contributed by atoms with Crippen molar-refractivity contribution in [2.24, 2.45) is 0 Å². The Hall–Kier alpha value is -6.70. The molecule has 0 heterocycles. The van der Waals surface area contributed by atoms with Gasteiger partial charge in [0.25, 0.3) is 0 Å². The van der Waals surface area contributed by atoms with Crippen LogP contribution in [0.3, 0.4) is 0 Å². The van der Waals surface area contributed by atoms with E-state index in [1.165, 1.54) is 76.1 Å². The largest absolute Gasteiger partial charge is 0.310 e. The van der Waals surface area contributed by atoms with E-state index in [2.05, 4.69) is 205 Å². The summed E-state index contributed by atoms with van der Waals surface area (Å²) in [6.45, 7) is 0. The molecule has 0 aliphatic rings. The molecule has 0 N–H and O–H groups in total. The van der Waals surface area contributed by atoms with E-state index in [9.17, 15) is 0 Å². The second-order valence-electron chi connectivity index (χ2n) is 13.4. The lowest BCUT2D eigenvalue weighted by molar-refractivity contribution is 1.29. The normalized spacial score (nSPS) is 11.5. The molecule has 0 aromatic heterocycles. The van der Waals surface area contributed by atoms with Crippen molar-refractivity contribution < 1.29 is 0 Å². The van der Waals surface area contributed by atoms with Gasteiger partial charge in [0, 0.05) is 17.1 Å². The molecule has 0 unspecified atom stereocenters. The van der Waals surface area contributed by atoms with Gasteiger partial charge in [0.05, 0.1) is 0 Å². The van der Waals surface area contributed by atoms with Gasteiger partial charge in [-0.15, -0.1) is 0 Å². The van der Waals surface area contributed by atoms with Crippen LogP contribution in [0.25, 0.3) is 76.1 Å². The molecule has 1 nitrogen and oxygen atoms in total. The molecular formula is C50H33N. The summed E-state index contributed by atoms with van der Waals surface area (Å²) in [7, 11) is 0. The summed E-state index contributed by atoms with van der Waals surface area (Å²) in [6, 6.07) is 73.0. The van der Waals surface area contributed by atoms with Gasteiger partial charge in [-0.2, -0.15) is 0 Å². The SMILES string of the molecule is c1ccc(-c2cccc(N(c3ccc(-c4ccc5c(ccc6ccc7ccccc7c65)c4)cc3)c3ccc4c(ccc5ccccc54)c3)c2)cc1. The predicted octanol–water partition coefficient (Wildman–Crippen LogP) is 14.3. The minimum atomic E-state index is 1.11. The second kappa shape index (κ2) is 12.0. The first-order valence-corrected chi connectivity index (χ1v) is 17.6. The van der Waals surface area contributed by atoms with Gasteiger partial charge in [0.15, 0.2) is 0 Å². The average Bonchev–Trinajstić information content (AvgIpc) is 3.21. The molecule has 0 radical (unpaired) electrons. The van der Waals surface area contributed by atoms with Gasteiger partial charge in [0.1, 0.15) is 0 Å². The van der Waals surface area contributed by atoms with Crippen molar-refractivity contribution >= 4 is 70.9 Å². The van der Waals surface area contributed by atoms with Crippen LogP contribution in [0.2, 0.25) is 0 Å². The molecule has 10 aromatic carbocycles. The number of anilines is 3. The third kappa shape index (κ3) is 5.10. The summed E-state index contributed by atoms with van der Waals surface area (Å²) in [4.78, 5) is 2.38. The fourth-order valence-corrected chi connectivity index (χ4v) is 7.86. The zero-order valence-corrected chi connectivity index (χ0v) is 28.0. The van der Waals surface area contributed by atoms with E-state index >= 15 is 0 Å². The quantitative estimate of drug-likeness (QED) is 0.168. The van der Waals surface area contributed by atoms with Crippen molar-refractivity contribution in [3.8, 4) is 22.3 Å². The number of hydrogen-bond donors (Lipinski definition) is 0. The number of hydrogen-bond acceptors (Lipinski definition) is 1. The molecule has 0 saturated heterocycles. The Kier molecular flexibility index (Phi) is 6.89. The van der Waals surface area contributed by atoms with Gasteiger partial charge in [0.2, 0.25) is 0 Å². The van der Waals surface area contributed by atoms with Crippen molar-refractivity contribution in [1.82, 2.24) is 0 Å². The van der Waals surface area contributed by atoms with Crippen LogP contribution < -0.4 is 4.90 Å². The average molecular weight is 648 g/mol. The van der Waals surface area contributed by atoms with Gasteiger partial charge in [-0.3, -0.25) is 0 Å². The highest BCUT2D eigenvalue weighted by Gasteiger charge is 2.16. The van der Waals surface area contributed by atoms with Crippen LogP contribution in [0.1, 0.15) is 0 Å². The summed E-state index contributed by atoms with van der Waals surface area (Å²) in [5, 5.41) is 12.7. The lowest BCUT2D eigenvalue weighted by Gasteiger charge is -2.27. The first-order chi connectivity index (χ1) is 25.3. The second-order valence-corrected chi connectivity index (χ2v) is 13.4. The van der Waals surface area contributed by atoms with Crippen LogP contribution in [-0.2, 0) is 0 Å². The highest BCUT2D eigenvalue weighted by molar-refractivity contribution is 6.20. The Morgan fingerprint density at radius 1 is 0.235 bits per heavy atom. The molecule has 1 heteroatoms. The van der Waals surface area contributed by atoms with E-state index < -0.39 is 0 Å². The van der Waals surface area contributed by atoms with Crippen molar-refractivity contribution in [2.75, 3.05) is 4.90 Å². The third-order valence-electron chi connectivity index (χ3n) is 10.4. The summed E-state index contributed by atoms with van der Waals surface area (Å²) >= 11 is 0. The zero-order valence-electron chi connectivity index (χ0n) is 28.0. The van der Waals surface area contributed by atoms with Gasteiger partial charge in [-0.05, 0) is 119 Å². The first-order valence-electron chi connectivity index (χ1n) is 17.6. The minimum Gasteiger partial charge on any atom is -0.310 e. The molecule has 0 saturated carbocycles. The molecule has 0 fully saturated rings. The van der Waals surface area contributed by atoms with E-state index in [4.69, 9.17) is 0 Å². The molecule has 238 valence electrons. The molecule has 0 spiro atoms. The molecule has 10 aromatic rings. The highest BCUT2D eigenvalue weighted by atomic mass is 15.1. The lowest BCUT2D eigenvalue weighted by atomic mass is 9.94. The first kappa shape index (κ1) is 29.2. The van der Waals surface area contributed by atoms with Gasteiger partial charge >= 0.3 is 0 Å². The summed E-state index contributed by atoms with van der Waals surface area (Å²) < 4.78 is 0. The standard InChI is InChI=1S/C50H33N/c1-2-9-34(10-3-1)39-13-8-14-44(32-39)51(45-28-30-47-42(33-45)21-18-36-11-4-6-15-46(36)47)43-26-23-35(24-27-43)40-25-29-49-41(31-40)22-20-38-19-17-37-12-5-7-16-48(37)50(38)49/h1-33H. The van der Waals surface area contributed by atoms with E-state index in [1.807, 2.05) is 0 Å². The van der Waals surface area contributed by atoms with E-state index in [0.717, 1.165) is 17.1 Å². The summed E-state index contributed by atoms with van der Waals surface area (Å²) in [6.07, 6.45) is 0. The van der Waals surface area contributed by atoms with Crippen LogP contribution in [0.4, 0.5) is 17.1 Å². The molecule has 0 aliphatic carbocycles. The number of benzene rings is 10. The Bertz CT molecular complexity index is 2900. The maximum absolute atomic E-state index is 2.38. The molecule has 0 atom stereocenters. The Labute approximate surface area is 297 Å². The summed E-state index contributed by atoms with van der Waals surface area (Å²) in [5.74, 6) is 0. The van der Waals surface area contributed by atoms with Gasteiger partial charge < -0.3 is 4.90 Å². The Morgan fingerprint density at radius 2 is 0.725 bits per heavy atom. The van der Waals surface area contributed by atoms with Crippen LogP contribution in [0.5, 0.6) is 0 Å². The molecule has 0 amide bonds. The van der Waals surface area contributed by atoms with Crippen LogP contribution in [0, 0.1) is 0 Å². The smallest absolute Gasteiger partial charge is 0.0468 e. The van der Waals surface area contributed by atoms with Gasteiger partial charge in [-0.25, -0.2) is 0 Å². The highest BCUT2D eigenvalue weighted by Crippen LogP contribution is 2.40. The van der Waals surface area contributed by atoms with Crippen molar-refractivity contribution in [1.29, 1.82) is 0 Å². The lowest BCUT2D eigenvalue weighted by Crippen LogP contribution is -2.10. The minimum absolute atomic E-state index is 1.11. The van der Waals surface area contributed by atoms with Gasteiger partial charge in [-0.1, -0.05) is 158 Å². The molecular weight excluding hydrogens is 615 g/mol. The van der Waals surface area contributed by atoms with Crippen LogP contribution in [0.15, 0.2) is 200 Å². The maximum atomic E-state index is 2.38. The number of rotatable bonds is 5. The van der Waals surface area contributed by atoms with Crippen molar-refractivity contribution in [2.45, 2.75) is 0 Å². The van der Waals surface area contributed by atoms with E-state index in [-0.39, 0.29) is 0 Å². The molecule has 10 rings (SSSR count). The zero-order chi connectivity index (χ0) is 33.7. The van der Waals surface area contributed by atoms with Crippen molar-refractivity contribution in [3.63, 3.8) is 0 Å². The Morgan fingerprint density at radius 3 is 1.53 bits per heavy atom. The topological polar surface area (TPSA) is 3.24 Å². The third-order valence-corrected chi connectivity index (χ3v) is 10.4. The molecule has 0 bridgehead atoms. The molecule has 51 heavy (non-hydrogen) atoms. The van der Waals surface area contributed by atoms with E-state index in [0.29, 0.717) is 0 Å². The number of fused-ring (bicyclic) bond motifs is 8. The summed E-state index contributed by atoms with van der Waals surface area (Å²) in [5.41, 5.74) is 8.16. The fourth-order valence-electron chi connectivity index (χ4n) is 7.86. The fraction of sp³-hybridized carbons (Fsp3) is 0. The van der Waals surface area contributed by atoms with E-state index in [1.54, 1.807) is 0 Å². The van der Waals surface area contributed by atoms with Crippen LogP contribution >= 0.6 is 0 Å². The van der Waals surface area contributed by atoms with Crippen molar-refractivity contribution in [3.05, 3.63) is 200 Å². The monoisotopic (exact) mass is 647 g/mol. The maximum Gasteiger partial charge on any atom is 0.0468 e. The Balaban J connectivity index is 1.08. The molecule has 0 aliphatic heterocycles.